The van der Waals surface area contributed by atoms with Gasteiger partial charge in [0.1, 0.15) is 23.6 Å². The number of carbonyl (C=O) groups excluding carboxylic acids is 1. The first-order valence-corrected chi connectivity index (χ1v) is 18.4. The van der Waals surface area contributed by atoms with Gasteiger partial charge in [-0.25, -0.2) is 0 Å². The molecule has 0 N–H and O–H groups in total. The summed E-state index contributed by atoms with van der Waals surface area (Å²) in [4.78, 5) is 15.0. The number of nitriles is 2. The van der Waals surface area contributed by atoms with Gasteiger partial charge in [-0.15, -0.1) is 21.6 Å². The van der Waals surface area contributed by atoms with Crippen molar-refractivity contribution in [3.63, 3.8) is 0 Å². The lowest BCUT2D eigenvalue weighted by atomic mass is 9.80. The highest BCUT2D eigenvalue weighted by Gasteiger charge is 2.28. The Morgan fingerprint density at radius 1 is 0.843 bits per heavy atom. The molecule has 0 saturated heterocycles. The number of thiophene rings is 1. The predicted octanol–water partition coefficient (Wildman–Crippen LogP) is 7.97. The first-order chi connectivity index (χ1) is 24.9. The molecule has 1 fully saturated rings. The second kappa shape index (κ2) is 21.9. The molecule has 1 aliphatic rings. The van der Waals surface area contributed by atoms with E-state index in [0.29, 0.717) is 98.6 Å². The lowest BCUT2D eigenvalue weighted by molar-refractivity contribution is -0.153. The van der Waals surface area contributed by atoms with E-state index < -0.39 is 0 Å². The normalized spacial score (nSPS) is 15.8. The Labute approximate surface area is 305 Å². The summed E-state index contributed by atoms with van der Waals surface area (Å²) in [5.41, 5.74) is 4.88. The maximum atomic E-state index is 12.2. The van der Waals surface area contributed by atoms with Gasteiger partial charge in [0.15, 0.2) is 5.00 Å². The minimum atomic E-state index is -0.0895. The summed E-state index contributed by atoms with van der Waals surface area (Å²) in [5, 5.41) is 28.0. The predicted molar refractivity (Wildman–Crippen MR) is 197 cm³/mol. The summed E-state index contributed by atoms with van der Waals surface area (Å²) >= 11 is 1.17. The fourth-order valence-corrected chi connectivity index (χ4v) is 6.75. The zero-order valence-corrected chi connectivity index (χ0v) is 30.8. The summed E-state index contributed by atoms with van der Waals surface area (Å²) in [6.07, 6.45) is 4.34. The van der Waals surface area contributed by atoms with E-state index in [-0.39, 0.29) is 18.5 Å². The van der Waals surface area contributed by atoms with E-state index in [1.807, 2.05) is 37.3 Å². The van der Waals surface area contributed by atoms with E-state index in [0.717, 1.165) is 30.5 Å². The van der Waals surface area contributed by atoms with Crippen molar-refractivity contribution in [1.29, 1.82) is 10.5 Å². The van der Waals surface area contributed by atoms with Crippen LogP contribution in [0.1, 0.15) is 59.7 Å². The molecule has 12 heteroatoms. The summed E-state index contributed by atoms with van der Waals surface area (Å²) in [5.74, 6) is 0.346. The number of hydrogen-bond acceptors (Lipinski definition) is 12. The number of aryl methyl sites for hydroxylation is 1. The van der Waals surface area contributed by atoms with Crippen molar-refractivity contribution in [2.75, 3.05) is 70.9 Å². The lowest BCUT2D eigenvalue weighted by Crippen LogP contribution is -2.28. The smallest absolute Gasteiger partial charge is 0.309 e. The Morgan fingerprint density at radius 2 is 1.49 bits per heavy atom. The van der Waals surface area contributed by atoms with Crippen molar-refractivity contribution in [1.82, 2.24) is 0 Å². The lowest BCUT2D eigenvalue weighted by Gasteiger charge is -2.26. The van der Waals surface area contributed by atoms with Gasteiger partial charge in [0, 0.05) is 18.8 Å². The van der Waals surface area contributed by atoms with Crippen LogP contribution in [0.2, 0.25) is 0 Å². The largest absolute Gasteiger partial charge is 0.463 e. The number of rotatable bonds is 21. The third kappa shape index (κ3) is 12.8. The molecular weight excluding hydrogens is 667 g/mol. The van der Waals surface area contributed by atoms with Crippen LogP contribution in [0.4, 0.5) is 16.4 Å². The molecule has 2 aromatic carbocycles. The summed E-state index contributed by atoms with van der Waals surface area (Å²) in [7, 11) is 0. The number of nitrogens with zero attached hydrogens (tertiary/aromatic N) is 5. The first kappa shape index (κ1) is 39.6. The molecule has 2 atom stereocenters. The molecule has 3 aromatic rings. The topological polar surface area (TPSA) is 139 Å². The molecule has 4 rings (SSSR count). The summed E-state index contributed by atoms with van der Waals surface area (Å²) in [6, 6.07) is 20.5. The Kier molecular flexibility index (Phi) is 17.0. The maximum Gasteiger partial charge on any atom is 0.309 e. The van der Waals surface area contributed by atoms with Crippen molar-refractivity contribution in [3.8, 4) is 12.1 Å². The standard InChI is InChI=1S/C39H49N5O6S/c1-29-9-7-8-12-34(29)39(45)50-24-23-49-22-21-48-20-19-47-18-17-46-16-15-44(28-32-10-5-4-6-11-32)33-13-14-36(30(2)25-33)42-43-38-35(26-40)31(3)37(27-41)51-38/h4-6,10-11,13-14,25,29,34H,7-9,12,15-24,28H2,1-3H3. The highest BCUT2D eigenvalue weighted by Crippen LogP contribution is 2.36. The third-order valence-corrected chi connectivity index (χ3v) is 9.94. The van der Waals surface area contributed by atoms with E-state index in [9.17, 15) is 15.3 Å². The Morgan fingerprint density at radius 3 is 2.12 bits per heavy atom. The second-order valence-electron chi connectivity index (χ2n) is 12.5. The van der Waals surface area contributed by atoms with Gasteiger partial charge in [-0.3, -0.25) is 4.79 Å². The van der Waals surface area contributed by atoms with Crippen LogP contribution < -0.4 is 4.90 Å². The molecule has 0 radical (unpaired) electrons. The second-order valence-corrected chi connectivity index (χ2v) is 13.5. The molecule has 1 saturated carbocycles. The van der Waals surface area contributed by atoms with E-state index >= 15 is 0 Å². The summed E-state index contributed by atoms with van der Waals surface area (Å²) in [6.45, 7) is 11.2. The van der Waals surface area contributed by atoms with Crippen LogP contribution in [0.3, 0.4) is 0 Å². The van der Waals surface area contributed by atoms with Crippen molar-refractivity contribution >= 4 is 33.7 Å². The van der Waals surface area contributed by atoms with E-state index in [1.165, 1.54) is 23.3 Å². The molecule has 0 bridgehead atoms. The molecule has 1 heterocycles. The van der Waals surface area contributed by atoms with Crippen molar-refractivity contribution in [2.24, 2.45) is 22.1 Å². The minimum absolute atomic E-state index is 0.0325. The number of hydrogen-bond donors (Lipinski definition) is 0. The van der Waals surface area contributed by atoms with Crippen LogP contribution in [0.25, 0.3) is 0 Å². The SMILES string of the molecule is Cc1cc(N(CCOCCOCCOCCOCCOC(=O)C2CCCCC2C)Cc2ccccc2)ccc1N=Nc1sc(C#N)c(C)c1C#N. The molecule has 1 aromatic heterocycles. The molecule has 51 heavy (non-hydrogen) atoms. The fourth-order valence-electron chi connectivity index (χ4n) is 5.87. The number of anilines is 1. The van der Waals surface area contributed by atoms with Gasteiger partial charge < -0.3 is 28.6 Å². The maximum absolute atomic E-state index is 12.2. The van der Waals surface area contributed by atoms with Crippen LogP contribution >= 0.6 is 11.3 Å². The number of azo groups is 1. The molecular formula is C39H49N5O6S. The Bertz CT molecular complexity index is 1630. The fraction of sp³-hybridized carbons (Fsp3) is 0.513. The first-order valence-electron chi connectivity index (χ1n) is 17.6. The third-order valence-electron chi connectivity index (χ3n) is 8.86. The molecule has 0 spiro atoms. The monoisotopic (exact) mass is 715 g/mol. The van der Waals surface area contributed by atoms with Gasteiger partial charge in [-0.05, 0) is 67.5 Å². The highest BCUT2D eigenvalue weighted by atomic mass is 32.1. The molecule has 2 unspecified atom stereocenters. The van der Waals surface area contributed by atoms with Gasteiger partial charge in [0.25, 0.3) is 0 Å². The molecule has 11 nitrogen and oxygen atoms in total. The van der Waals surface area contributed by atoms with Crippen LogP contribution in [-0.4, -0.2) is 72.0 Å². The number of carbonyl (C=O) groups is 1. The van der Waals surface area contributed by atoms with Gasteiger partial charge in [-0.1, -0.05) is 50.1 Å². The Hall–Kier alpha value is -4.17. The van der Waals surface area contributed by atoms with Crippen molar-refractivity contribution in [2.45, 2.75) is 53.0 Å². The van der Waals surface area contributed by atoms with Crippen LogP contribution in [-0.2, 0) is 35.0 Å². The molecule has 0 amide bonds. The average molecular weight is 716 g/mol. The molecule has 272 valence electrons. The van der Waals surface area contributed by atoms with Gasteiger partial charge >= 0.3 is 5.97 Å². The average Bonchev–Trinajstić information content (AvgIpc) is 3.46. The zero-order chi connectivity index (χ0) is 36.3. The van der Waals surface area contributed by atoms with E-state index in [1.54, 1.807) is 6.92 Å². The van der Waals surface area contributed by atoms with Gasteiger partial charge in [0.05, 0.1) is 70.0 Å². The summed E-state index contributed by atoms with van der Waals surface area (Å²) < 4.78 is 28.0. The highest BCUT2D eigenvalue weighted by molar-refractivity contribution is 7.16. The zero-order valence-electron chi connectivity index (χ0n) is 30.0. The molecule has 1 aliphatic carbocycles. The quantitative estimate of drug-likeness (QED) is 0.0611. The van der Waals surface area contributed by atoms with Crippen LogP contribution in [0.15, 0.2) is 58.8 Å². The van der Waals surface area contributed by atoms with Crippen LogP contribution in [0, 0.1) is 48.3 Å². The van der Waals surface area contributed by atoms with E-state index in [4.69, 9.17) is 23.7 Å². The number of ether oxygens (including phenoxy) is 5. The number of esters is 1. The van der Waals surface area contributed by atoms with E-state index in [2.05, 4.69) is 52.4 Å². The van der Waals surface area contributed by atoms with Crippen LogP contribution in [0.5, 0.6) is 0 Å². The van der Waals surface area contributed by atoms with Crippen molar-refractivity contribution in [3.05, 3.63) is 75.7 Å². The van der Waals surface area contributed by atoms with Crippen molar-refractivity contribution < 1.29 is 28.5 Å². The molecule has 0 aliphatic heterocycles. The Balaban J connectivity index is 1.12. The van der Waals surface area contributed by atoms with Gasteiger partial charge in [-0.2, -0.15) is 10.5 Å². The number of benzene rings is 2. The van der Waals surface area contributed by atoms with Gasteiger partial charge in [0.2, 0.25) is 0 Å². The minimum Gasteiger partial charge on any atom is -0.463 e.